The summed E-state index contributed by atoms with van der Waals surface area (Å²) in [7, 11) is -3.87. The quantitative estimate of drug-likeness (QED) is 0.873. The lowest BCUT2D eigenvalue weighted by Crippen LogP contribution is -2.28. The first-order chi connectivity index (χ1) is 9.87. The minimum absolute atomic E-state index is 0.0640. The third-order valence-corrected chi connectivity index (χ3v) is 5.21. The van der Waals surface area contributed by atoms with E-state index in [1.807, 2.05) is 4.72 Å². The first-order valence-electron chi connectivity index (χ1n) is 5.79. The molecule has 5 nitrogen and oxygen atoms in total. The van der Waals surface area contributed by atoms with E-state index in [-0.39, 0.29) is 4.21 Å². The number of rotatable bonds is 4. The Morgan fingerprint density at radius 2 is 2.14 bits per heavy atom. The van der Waals surface area contributed by atoms with E-state index in [9.17, 15) is 17.6 Å². The monoisotopic (exact) mass is 326 g/mol. The van der Waals surface area contributed by atoms with E-state index < -0.39 is 21.7 Å². The van der Waals surface area contributed by atoms with Gasteiger partial charge in [-0.1, -0.05) is 0 Å². The van der Waals surface area contributed by atoms with Gasteiger partial charge < -0.3 is 0 Å². The molecular weight excluding hydrogens is 315 g/mol. The Morgan fingerprint density at radius 1 is 1.38 bits per heavy atom. The van der Waals surface area contributed by atoms with Crippen molar-refractivity contribution in [2.45, 2.75) is 11.1 Å². The molecule has 8 heteroatoms. The van der Waals surface area contributed by atoms with Crippen LogP contribution in [0.4, 0.5) is 4.39 Å². The molecule has 0 saturated carbocycles. The Bertz CT molecular complexity index is 797. The number of sulfonamides is 1. The van der Waals surface area contributed by atoms with Gasteiger partial charge in [0.25, 0.3) is 15.9 Å². The number of thiophene rings is 1. The highest BCUT2D eigenvalue weighted by Crippen LogP contribution is 2.20. The second-order valence-electron chi connectivity index (χ2n) is 4.10. The third kappa shape index (κ3) is 4.20. The van der Waals surface area contributed by atoms with Crippen LogP contribution in [0.15, 0.2) is 40.9 Å². The van der Waals surface area contributed by atoms with Crippen molar-refractivity contribution in [3.8, 4) is 0 Å². The first kappa shape index (κ1) is 15.3. The van der Waals surface area contributed by atoms with Crippen LogP contribution in [0.3, 0.4) is 0 Å². The zero-order valence-corrected chi connectivity index (χ0v) is 12.5. The smallest absolute Gasteiger partial charge is 0.269 e. The van der Waals surface area contributed by atoms with Gasteiger partial charge in [-0.2, -0.15) is 0 Å². The Hall–Kier alpha value is -2.06. The molecule has 2 aromatic rings. The van der Waals surface area contributed by atoms with Gasteiger partial charge in [-0.15, -0.1) is 11.3 Å². The number of nitrogens with one attached hydrogen (secondary N) is 1. The maximum Gasteiger partial charge on any atom is 0.273 e. The number of aromatic nitrogens is 1. The SMILES string of the molecule is Cc1ccc(S(=O)(=O)NC(=O)/C=C/c2cncc(F)c2)s1. The van der Waals surface area contributed by atoms with Crippen molar-refractivity contribution in [2.75, 3.05) is 0 Å². The summed E-state index contributed by atoms with van der Waals surface area (Å²) >= 11 is 1.07. The van der Waals surface area contributed by atoms with Gasteiger partial charge in [0.05, 0.1) is 6.20 Å². The van der Waals surface area contributed by atoms with Gasteiger partial charge in [0, 0.05) is 17.2 Å². The fourth-order valence-corrected chi connectivity index (χ4v) is 3.69. The lowest BCUT2D eigenvalue weighted by molar-refractivity contribution is -0.114. The van der Waals surface area contributed by atoms with Crippen molar-refractivity contribution in [1.29, 1.82) is 0 Å². The maximum atomic E-state index is 12.9. The largest absolute Gasteiger partial charge is 0.273 e. The predicted molar refractivity (Wildman–Crippen MR) is 77.6 cm³/mol. The number of carbonyl (C=O) groups is 1. The molecule has 1 N–H and O–H groups in total. The number of halogens is 1. The van der Waals surface area contributed by atoms with Gasteiger partial charge in [-0.05, 0) is 36.8 Å². The molecular formula is C13H11FN2O3S2. The van der Waals surface area contributed by atoms with E-state index in [0.29, 0.717) is 5.56 Å². The van der Waals surface area contributed by atoms with E-state index in [1.165, 1.54) is 24.4 Å². The summed E-state index contributed by atoms with van der Waals surface area (Å²) in [6.45, 7) is 1.77. The zero-order chi connectivity index (χ0) is 15.5. The summed E-state index contributed by atoms with van der Waals surface area (Å²) in [6.07, 6.45) is 4.67. The van der Waals surface area contributed by atoms with Crippen molar-refractivity contribution in [2.24, 2.45) is 0 Å². The Labute approximate surface area is 125 Å². The summed E-state index contributed by atoms with van der Waals surface area (Å²) in [5, 5.41) is 0. The highest BCUT2D eigenvalue weighted by atomic mass is 32.2. The summed E-state index contributed by atoms with van der Waals surface area (Å²) in [5.41, 5.74) is 0.356. The fourth-order valence-electron chi connectivity index (χ4n) is 1.46. The van der Waals surface area contributed by atoms with Gasteiger partial charge in [0.2, 0.25) is 0 Å². The number of aryl methyl sites for hydroxylation is 1. The van der Waals surface area contributed by atoms with Crippen LogP contribution in [-0.2, 0) is 14.8 Å². The number of hydrogen-bond donors (Lipinski definition) is 1. The van der Waals surface area contributed by atoms with Crippen molar-refractivity contribution < 1.29 is 17.6 Å². The molecule has 2 aromatic heterocycles. The predicted octanol–water partition coefficient (Wildman–Crippen LogP) is 2.11. The standard InChI is InChI=1S/C13H11FN2O3S2/c1-9-2-5-13(20-9)21(18,19)16-12(17)4-3-10-6-11(14)8-15-7-10/h2-8H,1H3,(H,16,17)/b4-3+. The highest BCUT2D eigenvalue weighted by molar-refractivity contribution is 7.92. The average Bonchev–Trinajstić information content (AvgIpc) is 2.84. The topological polar surface area (TPSA) is 76.1 Å². The van der Waals surface area contributed by atoms with Gasteiger partial charge in [-0.25, -0.2) is 17.5 Å². The van der Waals surface area contributed by atoms with E-state index in [0.717, 1.165) is 28.5 Å². The molecule has 0 spiro atoms. The maximum absolute atomic E-state index is 12.9. The van der Waals surface area contributed by atoms with Gasteiger partial charge in [0.1, 0.15) is 10.0 Å². The van der Waals surface area contributed by atoms with E-state index >= 15 is 0 Å². The van der Waals surface area contributed by atoms with Gasteiger partial charge in [0.15, 0.2) is 0 Å². The number of amides is 1. The van der Waals surface area contributed by atoms with E-state index in [2.05, 4.69) is 4.98 Å². The fraction of sp³-hybridized carbons (Fsp3) is 0.0769. The molecule has 0 unspecified atom stereocenters. The minimum Gasteiger partial charge on any atom is -0.269 e. The summed E-state index contributed by atoms with van der Waals surface area (Å²) in [6, 6.07) is 4.25. The first-order valence-corrected chi connectivity index (χ1v) is 8.09. The number of nitrogens with zero attached hydrogens (tertiary/aromatic N) is 1. The molecule has 0 saturated heterocycles. The molecule has 0 aliphatic heterocycles. The molecule has 0 aromatic carbocycles. The van der Waals surface area contributed by atoms with Crippen LogP contribution in [0.1, 0.15) is 10.4 Å². The molecule has 0 aliphatic rings. The van der Waals surface area contributed by atoms with Crippen LogP contribution < -0.4 is 4.72 Å². The minimum atomic E-state index is -3.87. The second kappa shape index (κ2) is 6.15. The van der Waals surface area contributed by atoms with Crippen molar-refractivity contribution in [3.63, 3.8) is 0 Å². The lowest BCUT2D eigenvalue weighted by Gasteiger charge is -2.01. The zero-order valence-electron chi connectivity index (χ0n) is 10.9. The molecule has 21 heavy (non-hydrogen) atoms. The average molecular weight is 326 g/mol. The molecule has 110 valence electrons. The Kier molecular flexibility index (Phi) is 4.49. The van der Waals surface area contributed by atoms with Crippen LogP contribution in [0, 0.1) is 12.7 Å². The molecule has 0 atom stereocenters. The summed E-state index contributed by atoms with van der Waals surface area (Å²) in [4.78, 5) is 16.0. The Morgan fingerprint density at radius 3 is 2.76 bits per heavy atom. The number of hydrogen-bond acceptors (Lipinski definition) is 5. The van der Waals surface area contributed by atoms with E-state index in [4.69, 9.17) is 0 Å². The third-order valence-electron chi connectivity index (χ3n) is 2.37. The van der Waals surface area contributed by atoms with Crippen molar-refractivity contribution in [3.05, 3.63) is 52.9 Å². The summed E-state index contributed by atoms with van der Waals surface area (Å²) < 4.78 is 38.7. The molecule has 2 heterocycles. The Balaban J connectivity index is 2.08. The molecule has 0 aliphatic carbocycles. The van der Waals surface area contributed by atoms with Crippen molar-refractivity contribution in [1.82, 2.24) is 9.71 Å². The molecule has 0 radical (unpaired) electrons. The van der Waals surface area contributed by atoms with Gasteiger partial charge in [-0.3, -0.25) is 9.78 Å². The number of pyridine rings is 1. The molecule has 2 rings (SSSR count). The highest BCUT2D eigenvalue weighted by Gasteiger charge is 2.17. The van der Waals surface area contributed by atoms with Crippen LogP contribution in [0.2, 0.25) is 0 Å². The lowest BCUT2D eigenvalue weighted by atomic mass is 10.2. The number of carbonyl (C=O) groups excluding carboxylic acids is 1. The van der Waals surface area contributed by atoms with Crippen LogP contribution in [0.5, 0.6) is 0 Å². The van der Waals surface area contributed by atoms with E-state index in [1.54, 1.807) is 13.0 Å². The molecule has 0 bridgehead atoms. The van der Waals surface area contributed by atoms with Gasteiger partial charge >= 0.3 is 0 Å². The van der Waals surface area contributed by atoms with Crippen molar-refractivity contribution >= 4 is 33.3 Å². The van der Waals surface area contributed by atoms with Crippen LogP contribution >= 0.6 is 11.3 Å². The van der Waals surface area contributed by atoms with Crippen LogP contribution in [0.25, 0.3) is 6.08 Å². The molecule has 0 fully saturated rings. The summed E-state index contributed by atoms with van der Waals surface area (Å²) in [5.74, 6) is -1.36. The van der Waals surface area contributed by atoms with Crippen LogP contribution in [-0.4, -0.2) is 19.3 Å². The second-order valence-corrected chi connectivity index (χ2v) is 7.30. The normalized spacial score (nSPS) is 11.7. The molecule has 1 amide bonds.